The average Bonchev–Trinajstić information content (AvgIpc) is 1.96. The lowest BCUT2D eigenvalue weighted by atomic mass is 9.73. The summed E-state index contributed by atoms with van der Waals surface area (Å²) in [7, 11) is 0. The maximum Gasteiger partial charge on any atom is 0.133 e. The molecule has 0 saturated heterocycles. The van der Waals surface area contributed by atoms with Crippen molar-refractivity contribution in [1.82, 2.24) is 0 Å². The highest BCUT2D eigenvalue weighted by atomic mass is 16.1. The van der Waals surface area contributed by atoms with E-state index in [4.69, 9.17) is 0 Å². The molecule has 0 N–H and O–H groups in total. The predicted octanol–water partition coefficient (Wildman–Crippen LogP) is 2.81. The highest BCUT2D eigenvalue weighted by Gasteiger charge is 2.28. The van der Waals surface area contributed by atoms with Gasteiger partial charge in [0.2, 0.25) is 0 Å². The third kappa shape index (κ3) is 1.77. The van der Waals surface area contributed by atoms with E-state index in [0.29, 0.717) is 17.6 Å². The molecule has 12 heavy (non-hydrogen) atoms. The van der Waals surface area contributed by atoms with Crippen LogP contribution in [0.25, 0.3) is 0 Å². The van der Waals surface area contributed by atoms with Gasteiger partial charge in [-0.2, -0.15) is 0 Å². The molecule has 0 radical (unpaired) electrons. The van der Waals surface area contributed by atoms with E-state index < -0.39 is 0 Å². The molecular weight excluding hydrogens is 148 g/mol. The van der Waals surface area contributed by atoms with E-state index in [9.17, 15) is 4.79 Å². The first kappa shape index (κ1) is 9.50. The Morgan fingerprint density at radius 1 is 1.50 bits per heavy atom. The molecule has 3 atom stereocenters. The second kappa shape index (κ2) is 3.42. The Kier molecular flexibility index (Phi) is 2.71. The summed E-state index contributed by atoms with van der Waals surface area (Å²) in [5.41, 5.74) is 1.38. The van der Waals surface area contributed by atoms with Gasteiger partial charge in [0.15, 0.2) is 0 Å². The molecule has 1 heteroatoms. The van der Waals surface area contributed by atoms with E-state index in [2.05, 4.69) is 26.8 Å². The van der Waals surface area contributed by atoms with Crippen molar-refractivity contribution in [3.8, 4) is 0 Å². The Hall–Kier alpha value is -0.590. The van der Waals surface area contributed by atoms with Gasteiger partial charge >= 0.3 is 0 Å². The molecule has 0 unspecified atom stereocenters. The van der Waals surface area contributed by atoms with Gasteiger partial charge < -0.3 is 0 Å². The zero-order valence-electron chi connectivity index (χ0n) is 8.42. The smallest absolute Gasteiger partial charge is 0.133 e. The quantitative estimate of drug-likeness (QED) is 0.547. The van der Waals surface area contributed by atoms with Crippen LogP contribution < -0.4 is 0 Å². The summed E-state index contributed by atoms with van der Waals surface area (Å²) < 4.78 is 0. The van der Waals surface area contributed by atoms with Crippen molar-refractivity contribution in [3.05, 3.63) is 11.6 Å². The summed E-state index contributed by atoms with van der Waals surface area (Å²) in [5, 5.41) is 0. The molecule has 0 bridgehead atoms. The molecule has 0 saturated carbocycles. The lowest BCUT2D eigenvalue weighted by Gasteiger charge is -2.30. The Morgan fingerprint density at radius 3 is 2.58 bits per heavy atom. The molecule has 0 aromatic carbocycles. The fraction of sp³-hybridized carbons (Fsp3) is 0.727. The fourth-order valence-electron chi connectivity index (χ4n) is 2.08. The molecule has 1 aliphatic rings. The normalized spacial score (nSPS) is 36.0. The van der Waals surface area contributed by atoms with Gasteiger partial charge in [0.25, 0.3) is 0 Å². The SMILES string of the molecule is CC(=O)[C@@H]1CC(C)=C[C@H](C)[C@H]1C. The molecule has 0 aromatic heterocycles. The summed E-state index contributed by atoms with van der Waals surface area (Å²) in [5.74, 6) is 1.70. The third-order valence-electron chi connectivity index (χ3n) is 3.08. The van der Waals surface area contributed by atoms with Crippen molar-refractivity contribution in [1.29, 1.82) is 0 Å². The van der Waals surface area contributed by atoms with Gasteiger partial charge in [0, 0.05) is 5.92 Å². The maximum atomic E-state index is 11.3. The molecular formula is C11H18O. The van der Waals surface area contributed by atoms with Crippen LogP contribution in [0, 0.1) is 17.8 Å². The molecule has 0 fully saturated rings. The van der Waals surface area contributed by atoms with Gasteiger partial charge in [-0.3, -0.25) is 4.79 Å². The highest BCUT2D eigenvalue weighted by molar-refractivity contribution is 5.79. The molecule has 0 aromatic rings. The van der Waals surface area contributed by atoms with Crippen molar-refractivity contribution in [3.63, 3.8) is 0 Å². The number of rotatable bonds is 1. The Labute approximate surface area is 74.9 Å². The number of hydrogen-bond acceptors (Lipinski definition) is 1. The number of ketones is 1. The summed E-state index contributed by atoms with van der Waals surface area (Å²) in [6.45, 7) is 8.22. The Balaban J connectivity index is 2.80. The molecule has 1 aliphatic carbocycles. The van der Waals surface area contributed by atoms with Crippen LogP contribution in [0.15, 0.2) is 11.6 Å². The molecule has 1 rings (SSSR count). The summed E-state index contributed by atoms with van der Waals surface area (Å²) in [6, 6.07) is 0. The van der Waals surface area contributed by atoms with Gasteiger partial charge in [-0.25, -0.2) is 0 Å². The first-order valence-corrected chi connectivity index (χ1v) is 4.70. The third-order valence-corrected chi connectivity index (χ3v) is 3.08. The van der Waals surface area contributed by atoms with E-state index in [1.807, 2.05) is 0 Å². The minimum atomic E-state index is 0.269. The van der Waals surface area contributed by atoms with Crippen molar-refractivity contribution < 1.29 is 4.79 Å². The van der Waals surface area contributed by atoms with Crippen LogP contribution in [0.4, 0.5) is 0 Å². The minimum Gasteiger partial charge on any atom is -0.300 e. The summed E-state index contributed by atoms with van der Waals surface area (Å²) in [6.07, 6.45) is 3.27. The van der Waals surface area contributed by atoms with Gasteiger partial charge in [0.1, 0.15) is 5.78 Å². The van der Waals surface area contributed by atoms with Gasteiger partial charge in [-0.1, -0.05) is 25.5 Å². The van der Waals surface area contributed by atoms with E-state index in [-0.39, 0.29) is 5.92 Å². The lowest BCUT2D eigenvalue weighted by molar-refractivity contribution is -0.122. The first-order chi connectivity index (χ1) is 5.52. The highest BCUT2D eigenvalue weighted by Crippen LogP contribution is 2.33. The van der Waals surface area contributed by atoms with Crippen molar-refractivity contribution in [2.75, 3.05) is 0 Å². The zero-order chi connectivity index (χ0) is 9.30. The van der Waals surface area contributed by atoms with E-state index >= 15 is 0 Å². The van der Waals surface area contributed by atoms with Crippen LogP contribution in [0.1, 0.15) is 34.1 Å². The van der Waals surface area contributed by atoms with Crippen molar-refractivity contribution in [2.24, 2.45) is 17.8 Å². The molecule has 0 heterocycles. The van der Waals surface area contributed by atoms with Crippen LogP contribution in [0.2, 0.25) is 0 Å². The molecule has 0 aliphatic heterocycles. The van der Waals surface area contributed by atoms with Crippen LogP contribution in [-0.2, 0) is 4.79 Å². The van der Waals surface area contributed by atoms with Crippen LogP contribution in [-0.4, -0.2) is 5.78 Å². The second-order valence-corrected chi connectivity index (χ2v) is 4.15. The maximum absolute atomic E-state index is 11.3. The van der Waals surface area contributed by atoms with E-state index in [1.54, 1.807) is 6.92 Å². The minimum absolute atomic E-state index is 0.269. The standard InChI is InChI=1S/C11H18O/c1-7-5-8(2)9(3)11(6-7)10(4)12/h5,8-9,11H,6H2,1-4H3/t8-,9+,11+/m0/s1. The number of hydrogen-bond donors (Lipinski definition) is 0. The number of carbonyl (C=O) groups excluding carboxylic acids is 1. The average molecular weight is 166 g/mol. The van der Waals surface area contributed by atoms with Crippen molar-refractivity contribution in [2.45, 2.75) is 34.1 Å². The number of Topliss-reactive ketones (excluding diaryl/α,β-unsaturated/α-hetero) is 1. The largest absolute Gasteiger partial charge is 0.300 e. The van der Waals surface area contributed by atoms with E-state index in [0.717, 1.165) is 6.42 Å². The van der Waals surface area contributed by atoms with Gasteiger partial charge in [0.05, 0.1) is 0 Å². The fourth-order valence-corrected chi connectivity index (χ4v) is 2.08. The number of carbonyl (C=O) groups is 1. The lowest BCUT2D eigenvalue weighted by Crippen LogP contribution is -2.27. The molecule has 0 amide bonds. The van der Waals surface area contributed by atoms with Gasteiger partial charge in [-0.15, -0.1) is 0 Å². The Bertz CT molecular complexity index is 215. The van der Waals surface area contributed by atoms with Crippen molar-refractivity contribution >= 4 is 5.78 Å². The van der Waals surface area contributed by atoms with Gasteiger partial charge in [-0.05, 0) is 32.1 Å². The topological polar surface area (TPSA) is 17.1 Å². The van der Waals surface area contributed by atoms with Crippen LogP contribution in [0.3, 0.4) is 0 Å². The Morgan fingerprint density at radius 2 is 2.08 bits per heavy atom. The zero-order valence-corrected chi connectivity index (χ0v) is 8.42. The van der Waals surface area contributed by atoms with E-state index in [1.165, 1.54) is 5.57 Å². The predicted molar refractivity (Wildman–Crippen MR) is 50.9 cm³/mol. The monoisotopic (exact) mass is 166 g/mol. The molecule has 68 valence electrons. The first-order valence-electron chi connectivity index (χ1n) is 4.70. The van der Waals surface area contributed by atoms with Crippen LogP contribution >= 0.6 is 0 Å². The van der Waals surface area contributed by atoms with Crippen LogP contribution in [0.5, 0.6) is 0 Å². The molecule has 1 nitrogen and oxygen atoms in total. The molecule has 0 spiro atoms. The second-order valence-electron chi connectivity index (χ2n) is 4.15. The number of allylic oxidation sites excluding steroid dienone is 2. The summed E-state index contributed by atoms with van der Waals surface area (Å²) >= 11 is 0. The summed E-state index contributed by atoms with van der Waals surface area (Å²) in [4.78, 5) is 11.3.